The second-order valence-corrected chi connectivity index (χ2v) is 8.64. The molecule has 0 rings (SSSR count). The molecule has 0 nitrogen and oxygen atoms in total. The molecule has 0 bridgehead atoms. The molecular formula is C24H50. The molecule has 0 N–H and O–H groups in total. The molecule has 0 aromatic rings. The van der Waals surface area contributed by atoms with E-state index in [9.17, 15) is 0 Å². The van der Waals surface area contributed by atoms with Crippen LogP contribution in [0, 0.1) is 17.8 Å². The van der Waals surface area contributed by atoms with E-state index < -0.39 is 0 Å². The zero-order valence-corrected chi connectivity index (χ0v) is 18.0. The SMILES string of the molecule is CCCCCCCC(CCC)CCC(CCCCCCC)C(C)C. The summed E-state index contributed by atoms with van der Waals surface area (Å²) in [5.74, 6) is 2.87. The number of hydrogen-bond donors (Lipinski definition) is 0. The van der Waals surface area contributed by atoms with E-state index >= 15 is 0 Å². The highest BCUT2D eigenvalue weighted by molar-refractivity contribution is 4.68. The van der Waals surface area contributed by atoms with Crippen molar-refractivity contribution in [2.75, 3.05) is 0 Å². The third-order valence-corrected chi connectivity index (χ3v) is 5.98. The van der Waals surface area contributed by atoms with Gasteiger partial charge in [-0.3, -0.25) is 0 Å². The summed E-state index contributed by atoms with van der Waals surface area (Å²) in [5, 5.41) is 0. The molecule has 0 saturated heterocycles. The Morgan fingerprint density at radius 1 is 0.458 bits per heavy atom. The summed E-state index contributed by atoms with van der Waals surface area (Å²) in [5.41, 5.74) is 0. The van der Waals surface area contributed by atoms with Gasteiger partial charge in [-0.05, 0) is 24.2 Å². The molecule has 2 unspecified atom stereocenters. The Kier molecular flexibility index (Phi) is 17.8. The van der Waals surface area contributed by atoms with E-state index in [0.29, 0.717) is 0 Å². The Labute approximate surface area is 155 Å². The lowest BCUT2D eigenvalue weighted by Gasteiger charge is -2.24. The van der Waals surface area contributed by atoms with Crippen LogP contribution in [-0.4, -0.2) is 0 Å². The van der Waals surface area contributed by atoms with Gasteiger partial charge in [0.1, 0.15) is 0 Å². The fourth-order valence-electron chi connectivity index (χ4n) is 4.15. The van der Waals surface area contributed by atoms with Gasteiger partial charge in [0.15, 0.2) is 0 Å². The van der Waals surface area contributed by atoms with Crippen molar-refractivity contribution in [2.45, 2.75) is 137 Å². The van der Waals surface area contributed by atoms with Crippen molar-refractivity contribution in [1.82, 2.24) is 0 Å². The zero-order chi connectivity index (χ0) is 18.0. The molecule has 0 spiro atoms. The van der Waals surface area contributed by atoms with Crippen LogP contribution in [0.5, 0.6) is 0 Å². The first-order chi connectivity index (χ1) is 11.7. The van der Waals surface area contributed by atoms with E-state index in [1.165, 1.54) is 103 Å². The van der Waals surface area contributed by atoms with Crippen molar-refractivity contribution in [1.29, 1.82) is 0 Å². The van der Waals surface area contributed by atoms with E-state index in [1.54, 1.807) is 0 Å². The summed E-state index contributed by atoms with van der Waals surface area (Å²) in [6, 6.07) is 0. The minimum atomic E-state index is 0.878. The van der Waals surface area contributed by atoms with Gasteiger partial charge in [-0.1, -0.05) is 131 Å². The lowest BCUT2D eigenvalue weighted by atomic mass is 9.82. The maximum Gasteiger partial charge on any atom is -0.0391 e. The molecule has 0 aromatic carbocycles. The molecule has 24 heavy (non-hydrogen) atoms. The second kappa shape index (κ2) is 17.8. The highest BCUT2D eigenvalue weighted by Crippen LogP contribution is 2.29. The van der Waals surface area contributed by atoms with Gasteiger partial charge < -0.3 is 0 Å². The highest BCUT2D eigenvalue weighted by atomic mass is 14.2. The Bertz CT molecular complexity index is 230. The first-order valence-electron chi connectivity index (χ1n) is 11.7. The van der Waals surface area contributed by atoms with Crippen molar-refractivity contribution in [3.05, 3.63) is 0 Å². The van der Waals surface area contributed by atoms with Gasteiger partial charge in [0.05, 0.1) is 0 Å². The summed E-state index contributed by atoms with van der Waals surface area (Å²) >= 11 is 0. The van der Waals surface area contributed by atoms with Crippen molar-refractivity contribution in [3.8, 4) is 0 Å². The van der Waals surface area contributed by atoms with Crippen molar-refractivity contribution in [3.63, 3.8) is 0 Å². The predicted molar refractivity (Wildman–Crippen MR) is 113 cm³/mol. The van der Waals surface area contributed by atoms with Gasteiger partial charge in [-0.2, -0.15) is 0 Å². The summed E-state index contributed by atoms with van der Waals surface area (Å²) < 4.78 is 0. The molecule has 0 amide bonds. The van der Waals surface area contributed by atoms with Gasteiger partial charge in [0.25, 0.3) is 0 Å². The maximum absolute atomic E-state index is 2.45. The number of unbranched alkanes of at least 4 members (excludes halogenated alkanes) is 8. The third-order valence-electron chi connectivity index (χ3n) is 5.98. The van der Waals surface area contributed by atoms with Crippen molar-refractivity contribution < 1.29 is 0 Å². The van der Waals surface area contributed by atoms with Crippen LogP contribution in [0.15, 0.2) is 0 Å². The molecule has 146 valence electrons. The predicted octanol–water partition coefficient (Wildman–Crippen LogP) is 9.18. The standard InChI is InChI=1S/C24H50/c1-6-9-11-13-15-18-23(17-8-3)20-21-24(22(4)5)19-16-14-12-10-7-2/h22-24H,6-21H2,1-5H3. The molecule has 0 radical (unpaired) electrons. The summed E-state index contributed by atoms with van der Waals surface area (Å²) in [7, 11) is 0. The Hall–Kier alpha value is 0. The largest absolute Gasteiger partial charge is 0.0654 e. The van der Waals surface area contributed by atoms with Crippen LogP contribution < -0.4 is 0 Å². The fraction of sp³-hybridized carbons (Fsp3) is 1.00. The lowest BCUT2D eigenvalue weighted by Crippen LogP contribution is -2.12. The molecule has 0 aromatic heterocycles. The molecule has 0 aliphatic rings. The summed E-state index contributed by atoms with van der Waals surface area (Å²) in [6.45, 7) is 11.9. The molecule has 0 aliphatic heterocycles. The first-order valence-corrected chi connectivity index (χ1v) is 11.7. The monoisotopic (exact) mass is 338 g/mol. The van der Waals surface area contributed by atoms with Crippen LogP contribution in [0.4, 0.5) is 0 Å². The second-order valence-electron chi connectivity index (χ2n) is 8.64. The Morgan fingerprint density at radius 3 is 1.50 bits per heavy atom. The van der Waals surface area contributed by atoms with Crippen molar-refractivity contribution in [2.24, 2.45) is 17.8 Å². The van der Waals surface area contributed by atoms with E-state index in [-0.39, 0.29) is 0 Å². The topological polar surface area (TPSA) is 0 Å². The molecule has 0 heteroatoms. The molecule has 2 atom stereocenters. The van der Waals surface area contributed by atoms with Gasteiger partial charge in [0, 0.05) is 0 Å². The minimum Gasteiger partial charge on any atom is -0.0654 e. The average Bonchev–Trinajstić information content (AvgIpc) is 2.56. The fourth-order valence-corrected chi connectivity index (χ4v) is 4.15. The molecular weight excluding hydrogens is 288 g/mol. The summed E-state index contributed by atoms with van der Waals surface area (Å²) in [4.78, 5) is 0. The van der Waals surface area contributed by atoms with Crippen LogP contribution in [0.3, 0.4) is 0 Å². The van der Waals surface area contributed by atoms with E-state index in [0.717, 1.165) is 17.8 Å². The minimum absolute atomic E-state index is 0.878. The molecule has 0 aliphatic carbocycles. The smallest absolute Gasteiger partial charge is 0.0391 e. The quantitative estimate of drug-likeness (QED) is 0.218. The number of hydrogen-bond acceptors (Lipinski definition) is 0. The highest BCUT2D eigenvalue weighted by Gasteiger charge is 2.16. The Morgan fingerprint density at radius 2 is 1.00 bits per heavy atom. The van der Waals surface area contributed by atoms with Crippen molar-refractivity contribution >= 4 is 0 Å². The van der Waals surface area contributed by atoms with E-state index in [4.69, 9.17) is 0 Å². The zero-order valence-electron chi connectivity index (χ0n) is 18.0. The average molecular weight is 339 g/mol. The van der Waals surface area contributed by atoms with Gasteiger partial charge in [-0.25, -0.2) is 0 Å². The van der Waals surface area contributed by atoms with Gasteiger partial charge in [-0.15, -0.1) is 0 Å². The lowest BCUT2D eigenvalue weighted by molar-refractivity contribution is 0.278. The van der Waals surface area contributed by atoms with E-state index in [1.807, 2.05) is 0 Å². The van der Waals surface area contributed by atoms with Crippen LogP contribution in [0.1, 0.15) is 137 Å². The summed E-state index contributed by atoms with van der Waals surface area (Å²) in [6.07, 6.45) is 23.2. The third kappa shape index (κ3) is 14.4. The maximum atomic E-state index is 2.45. The van der Waals surface area contributed by atoms with Gasteiger partial charge >= 0.3 is 0 Å². The first kappa shape index (κ1) is 24.0. The van der Waals surface area contributed by atoms with Crippen LogP contribution >= 0.6 is 0 Å². The van der Waals surface area contributed by atoms with Gasteiger partial charge in [0.2, 0.25) is 0 Å². The van der Waals surface area contributed by atoms with Crippen LogP contribution in [0.2, 0.25) is 0 Å². The van der Waals surface area contributed by atoms with Crippen LogP contribution in [0.25, 0.3) is 0 Å². The van der Waals surface area contributed by atoms with E-state index in [2.05, 4.69) is 34.6 Å². The Balaban J connectivity index is 4.00. The van der Waals surface area contributed by atoms with Crippen LogP contribution in [-0.2, 0) is 0 Å². The molecule has 0 fully saturated rings. The molecule has 0 heterocycles. The number of rotatable bonds is 18. The molecule has 0 saturated carbocycles. The normalized spacial score (nSPS) is 14.2.